The van der Waals surface area contributed by atoms with Crippen molar-refractivity contribution in [3.8, 4) is 0 Å². The molecule has 1 aliphatic rings. The second kappa shape index (κ2) is 2.91. The topological polar surface area (TPSA) is 29.3 Å². The van der Waals surface area contributed by atoms with E-state index in [-0.39, 0.29) is 0 Å². The molecular weight excluding hydrogens is 172 g/mol. The molecule has 1 aliphatic heterocycles. The molecule has 0 atom stereocenters. The van der Waals surface area contributed by atoms with E-state index in [0.717, 1.165) is 18.7 Å². The van der Waals surface area contributed by atoms with Gasteiger partial charge in [-0.3, -0.25) is 0 Å². The summed E-state index contributed by atoms with van der Waals surface area (Å²) in [6, 6.07) is 6.21. The third kappa shape index (κ3) is 1.57. The van der Waals surface area contributed by atoms with Crippen molar-refractivity contribution in [2.45, 2.75) is 20.3 Å². The van der Waals surface area contributed by atoms with Crippen LogP contribution in [0.15, 0.2) is 18.2 Å². The maximum absolute atomic E-state index is 5.80. The van der Waals surface area contributed by atoms with Crippen LogP contribution in [0.1, 0.15) is 19.4 Å². The molecule has 0 spiro atoms. The number of anilines is 2. The molecule has 2 nitrogen and oxygen atoms in total. The van der Waals surface area contributed by atoms with Crippen LogP contribution in [0.25, 0.3) is 0 Å². The highest BCUT2D eigenvalue weighted by Gasteiger charge is 2.28. The van der Waals surface area contributed by atoms with Gasteiger partial charge in [-0.1, -0.05) is 13.8 Å². The molecule has 0 saturated carbocycles. The van der Waals surface area contributed by atoms with Gasteiger partial charge in [-0.25, -0.2) is 0 Å². The monoisotopic (exact) mass is 190 g/mol. The lowest BCUT2D eigenvalue weighted by Crippen LogP contribution is -2.37. The first-order chi connectivity index (χ1) is 6.48. The van der Waals surface area contributed by atoms with Crippen LogP contribution in [0.2, 0.25) is 0 Å². The minimum absolute atomic E-state index is 0.357. The van der Waals surface area contributed by atoms with Crippen molar-refractivity contribution in [3.63, 3.8) is 0 Å². The molecule has 76 valence electrons. The Kier molecular flexibility index (Phi) is 1.95. The molecule has 2 rings (SSSR count). The van der Waals surface area contributed by atoms with Crippen molar-refractivity contribution < 1.29 is 0 Å². The third-order valence-corrected chi connectivity index (χ3v) is 2.85. The molecule has 0 aromatic heterocycles. The fourth-order valence-corrected chi connectivity index (χ4v) is 2.42. The van der Waals surface area contributed by atoms with Gasteiger partial charge in [0.15, 0.2) is 0 Å². The van der Waals surface area contributed by atoms with Gasteiger partial charge in [-0.2, -0.15) is 0 Å². The van der Waals surface area contributed by atoms with Crippen LogP contribution in [0.4, 0.5) is 11.4 Å². The second-order valence-electron chi connectivity index (χ2n) is 5.09. The first kappa shape index (κ1) is 9.38. The van der Waals surface area contributed by atoms with Crippen LogP contribution in [-0.4, -0.2) is 13.6 Å². The van der Waals surface area contributed by atoms with Crippen molar-refractivity contribution in [1.82, 2.24) is 0 Å². The van der Waals surface area contributed by atoms with E-state index < -0.39 is 0 Å². The quantitative estimate of drug-likeness (QED) is 0.636. The Labute approximate surface area is 85.7 Å². The molecule has 1 aromatic rings. The van der Waals surface area contributed by atoms with Gasteiger partial charge in [0.05, 0.1) is 0 Å². The van der Waals surface area contributed by atoms with E-state index in [4.69, 9.17) is 5.73 Å². The van der Waals surface area contributed by atoms with E-state index in [1.807, 2.05) is 6.07 Å². The molecule has 2 N–H and O–H groups in total. The largest absolute Gasteiger partial charge is 0.399 e. The van der Waals surface area contributed by atoms with Gasteiger partial charge in [0.2, 0.25) is 0 Å². The molecule has 0 saturated heterocycles. The third-order valence-electron chi connectivity index (χ3n) is 2.85. The summed E-state index contributed by atoms with van der Waals surface area (Å²) < 4.78 is 0. The molecule has 0 aliphatic carbocycles. The Balaban J connectivity index is 2.46. The fraction of sp³-hybridized carbons (Fsp3) is 0.500. The van der Waals surface area contributed by atoms with E-state index in [2.05, 4.69) is 37.9 Å². The van der Waals surface area contributed by atoms with Gasteiger partial charge >= 0.3 is 0 Å². The van der Waals surface area contributed by atoms with Crippen LogP contribution in [0.5, 0.6) is 0 Å². The van der Waals surface area contributed by atoms with Crippen molar-refractivity contribution in [2.24, 2.45) is 5.41 Å². The van der Waals surface area contributed by atoms with Gasteiger partial charge in [-0.15, -0.1) is 0 Å². The predicted molar refractivity (Wildman–Crippen MR) is 61.6 cm³/mol. The summed E-state index contributed by atoms with van der Waals surface area (Å²) in [6.45, 7) is 5.72. The van der Waals surface area contributed by atoms with E-state index in [1.54, 1.807) is 0 Å². The average Bonchev–Trinajstić information content (AvgIpc) is 2.00. The first-order valence-corrected chi connectivity index (χ1v) is 5.07. The average molecular weight is 190 g/mol. The molecule has 1 aromatic carbocycles. The van der Waals surface area contributed by atoms with Crippen LogP contribution in [-0.2, 0) is 6.42 Å². The Hall–Kier alpha value is -1.18. The highest BCUT2D eigenvalue weighted by molar-refractivity contribution is 5.61. The van der Waals surface area contributed by atoms with E-state index in [9.17, 15) is 0 Å². The predicted octanol–water partition coefficient (Wildman–Crippen LogP) is 2.29. The minimum Gasteiger partial charge on any atom is -0.399 e. The Bertz CT molecular complexity index is 355. The Morgan fingerprint density at radius 1 is 1.36 bits per heavy atom. The Morgan fingerprint density at radius 3 is 2.79 bits per heavy atom. The van der Waals surface area contributed by atoms with Gasteiger partial charge in [0.25, 0.3) is 0 Å². The van der Waals surface area contributed by atoms with Crippen molar-refractivity contribution in [3.05, 3.63) is 23.8 Å². The van der Waals surface area contributed by atoms with Crippen LogP contribution >= 0.6 is 0 Å². The number of rotatable bonds is 0. The maximum atomic E-state index is 5.80. The molecular formula is C12H18N2. The summed E-state index contributed by atoms with van der Waals surface area (Å²) in [6.07, 6.45) is 1.12. The molecule has 0 unspecified atom stereocenters. The smallest absolute Gasteiger partial charge is 0.0398 e. The van der Waals surface area contributed by atoms with Crippen molar-refractivity contribution in [1.29, 1.82) is 0 Å². The maximum Gasteiger partial charge on any atom is 0.0398 e. The number of fused-ring (bicyclic) bond motifs is 1. The summed E-state index contributed by atoms with van der Waals surface area (Å²) in [5.41, 5.74) is 9.73. The highest BCUT2D eigenvalue weighted by Crippen LogP contribution is 2.35. The summed E-state index contributed by atoms with van der Waals surface area (Å²) in [5, 5.41) is 0. The van der Waals surface area contributed by atoms with E-state index >= 15 is 0 Å². The number of hydrogen-bond acceptors (Lipinski definition) is 2. The zero-order valence-corrected chi connectivity index (χ0v) is 9.17. The lowest BCUT2D eigenvalue weighted by molar-refractivity contribution is 0.356. The first-order valence-electron chi connectivity index (χ1n) is 5.07. The zero-order valence-electron chi connectivity index (χ0n) is 9.17. The molecule has 1 heterocycles. The fourth-order valence-electron chi connectivity index (χ4n) is 2.42. The SMILES string of the molecule is CN1CC(C)(C)Cc2cc(N)ccc21. The molecule has 2 heteroatoms. The normalized spacial score (nSPS) is 19.2. The summed E-state index contributed by atoms with van der Waals surface area (Å²) in [7, 11) is 2.15. The van der Waals surface area contributed by atoms with Gasteiger partial charge in [-0.05, 0) is 35.6 Å². The number of nitrogens with two attached hydrogens (primary N) is 1. The van der Waals surface area contributed by atoms with E-state index in [1.165, 1.54) is 11.3 Å². The van der Waals surface area contributed by atoms with E-state index in [0.29, 0.717) is 5.41 Å². The molecule has 0 bridgehead atoms. The van der Waals surface area contributed by atoms with Crippen LogP contribution in [0, 0.1) is 5.41 Å². The minimum atomic E-state index is 0.357. The number of nitrogen functional groups attached to an aromatic ring is 1. The molecule has 14 heavy (non-hydrogen) atoms. The number of nitrogens with zero attached hydrogens (tertiary/aromatic N) is 1. The lowest BCUT2D eigenvalue weighted by Gasteiger charge is -2.38. The highest BCUT2D eigenvalue weighted by atomic mass is 15.1. The van der Waals surface area contributed by atoms with Crippen LogP contribution in [0.3, 0.4) is 0 Å². The molecule has 0 radical (unpaired) electrons. The summed E-state index contributed by atoms with van der Waals surface area (Å²) in [5.74, 6) is 0. The number of benzene rings is 1. The molecule has 0 amide bonds. The summed E-state index contributed by atoms with van der Waals surface area (Å²) in [4.78, 5) is 2.32. The molecule has 0 fully saturated rings. The van der Waals surface area contributed by atoms with Gasteiger partial charge < -0.3 is 10.6 Å². The lowest BCUT2D eigenvalue weighted by atomic mass is 9.81. The number of hydrogen-bond donors (Lipinski definition) is 1. The van der Waals surface area contributed by atoms with Gasteiger partial charge in [0.1, 0.15) is 0 Å². The van der Waals surface area contributed by atoms with Crippen molar-refractivity contribution >= 4 is 11.4 Å². The van der Waals surface area contributed by atoms with Gasteiger partial charge in [0, 0.05) is 25.0 Å². The van der Waals surface area contributed by atoms with Crippen molar-refractivity contribution in [2.75, 3.05) is 24.2 Å². The van der Waals surface area contributed by atoms with Crippen LogP contribution < -0.4 is 10.6 Å². The second-order valence-corrected chi connectivity index (χ2v) is 5.09. The summed E-state index contributed by atoms with van der Waals surface area (Å²) >= 11 is 0. The standard InChI is InChI=1S/C12H18N2/c1-12(2)7-9-6-10(13)4-5-11(9)14(3)8-12/h4-6H,7-8,13H2,1-3H3. The zero-order chi connectivity index (χ0) is 10.3. The Morgan fingerprint density at radius 2 is 2.07 bits per heavy atom.